The van der Waals surface area contributed by atoms with Crippen LogP contribution in [0.1, 0.15) is 90.7 Å². The van der Waals surface area contributed by atoms with Crippen molar-refractivity contribution in [1.82, 2.24) is 10.6 Å². The third-order valence-corrected chi connectivity index (χ3v) is 8.13. The fraction of sp³-hybridized carbons (Fsp3) is 0.588. The summed E-state index contributed by atoms with van der Waals surface area (Å²) in [5, 5.41) is 5.62. The molecule has 0 aromatic heterocycles. The first kappa shape index (κ1) is 31.6. The minimum Gasteiger partial charge on any atom is -0.354 e. The van der Waals surface area contributed by atoms with Crippen LogP contribution in [0.15, 0.2) is 60.7 Å². The van der Waals surface area contributed by atoms with Crippen molar-refractivity contribution in [3.8, 4) is 0 Å². The van der Waals surface area contributed by atoms with E-state index in [4.69, 9.17) is 0 Å². The first-order valence-corrected chi connectivity index (χ1v) is 14.6. The molecule has 210 valence electrons. The maximum atomic E-state index is 12.2. The van der Waals surface area contributed by atoms with Gasteiger partial charge in [-0.25, -0.2) is 0 Å². The van der Waals surface area contributed by atoms with E-state index in [1.165, 1.54) is 23.1 Å². The first-order valence-electron chi connectivity index (χ1n) is 14.6. The summed E-state index contributed by atoms with van der Waals surface area (Å²) in [6, 6.07) is 9.09. The van der Waals surface area contributed by atoms with Gasteiger partial charge in [0.1, 0.15) is 0 Å². The Morgan fingerprint density at radius 1 is 1.08 bits per heavy atom. The third kappa shape index (κ3) is 11.0. The Balaban J connectivity index is 1.61. The van der Waals surface area contributed by atoms with Crippen LogP contribution in [0.5, 0.6) is 0 Å². The van der Waals surface area contributed by atoms with Crippen LogP contribution in [0.4, 0.5) is 0 Å². The average Bonchev–Trinajstić information content (AvgIpc) is 3.68. The molecule has 2 rings (SSSR count). The molecule has 1 aromatic rings. The molecular formula is C34H52N2O2. The monoisotopic (exact) mass is 520 g/mol. The maximum absolute atomic E-state index is 12.2. The molecule has 0 aliphatic heterocycles. The van der Waals surface area contributed by atoms with Gasteiger partial charge in [-0.15, -0.1) is 0 Å². The number of nitrogens with one attached hydrogen (secondary N) is 2. The molecule has 38 heavy (non-hydrogen) atoms. The molecule has 0 bridgehead atoms. The van der Waals surface area contributed by atoms with Crippen LogP contribution in [0.3, 0.4) is 0 Å². The van der Waals surface area contributed by atoms with E-state index in [0.29, 0.717) is 30.2 Å². The van der Waals surface area contributed by atoms with Gasteiger partial charge < -0.3 is 10.6 Å². The second kappa shape index (κ2) is 15.7. The van der Waals surface area contributed by atoms with Gasteiger partial charge in [0, 0.05) is 6.54 Å². The van der Waals surface area contributed by atoms with Gasteiger partial charge in [0.05, 0.1) is 6.54 Å². The summed E-state index contributed by atoms with van der Waals surface area (Å²) in [5.41, 5.74) is 5.18. The molecule has 0 spiro atoms. The number of hydrogen-bond acceptors (Lipinski definition) is 2. The number of carbonyl (C=O) groups is 2. The molecule has 1 saturated carbocycles. The van der Waals surface area contributed by atoms with Gasteiger partial charge in [-0.3, -0.25) is 9.59 Å². The van der Waals surface area contributed by atoms with E-state index in [1.54, 1.807) is 6.08 Å². The van der Waals surface area contributed by atoms with Crippen molar-refractivity contribution in [1.29, 1.82) is 0 Å². The summed E-state index contributed by atoms with van der Waals surface area (Å²) in [6.07, 6.45) is 9.79. The molecule has 2 amide bonds. The van der Waals surface area contributed by atoms with Crippen molar-refractivity contribution in [2.24, 2.45) is 29.6 Å². The quantitative estimate of drug-likeness (QED) is 0.166. The van der Waals surface area contributed by atoms with E-state index in [1.807, 2.05) is 6.08 Å². The van der Waals surface area contributed by atoms with Crippen LogP contribution in [-0.2, 0) is 16.0 Å². The van der Waals surface area contributed by atoms with Crippen molar-refractivity contribution >= 4 is 11.8 Å². The minimum absolute atomic E-state index is 0.0128. The van der Waals surface area contributed by atoms with E-state index in [2.05, 4.69) is 89.6 Å². The van der Waals surface area contributed by atoms with Crippen LogP contribution >= 0.6 is 0 Å². The van der Waals surface area contributed by atoms with Crippen molar-refractivity contribution < 1.29 is 9.59 Å². The first-order chi connectivity index (χ1) is 18.0. The van der Waals surface area contributed by atoms with Crippen molar-refractivity contribution in [3.05, 3.63) is 71.8 Å². The molecule has 4 heteroatoms. The summed E-state index contributed by atoms with van der Waals surface area (Å²) in [5.74, 6) is 2.89. The van der Waals surface area contributed by atoms with Gasteiger partial charge in [-0.1, -0.05) is 89.3 Å². The van der Waals surface area contributed by atoms with Crippen molar-refractivity contribution in [3.63, 3.8) is 0 Å². The van der Waals surface area contributed by atoms with Crippen LogP contribution in [0, 0.1) is 29.6 Å². The molecule has 1 fully saturated rings. The molecule has 2 N–H and O–H groups in total. The Kier molecular flexibility index (Phi) is 13.1. The second-order valence-electron chi connectivity index (χ2n) is 12.0. The summed E-state index contributed by atoms with van der Waals surface area (Å²) in [7, 11) is 0. The molecule has 0 radical (unpaired) electrons. The van der Waals surface area contributed by atoms with E-state index < -0.39 is 0 Å². The van der Waals surface area contributed by atoms with E-state index in [9.17, 15) is 9.59 Å². The van der Waals surface area contributed by atoms with Gasteiger partial charge in [0.25, 0.3) is 0 Å². The SMILES string of the molecule is C=C(C)[C@@H](CC(=C)[C@H](C)CNC(=O)CNC(=O)/C=C/CC[C@H](C)C1C[C@@H]1c1ccc(CC)cc1)CC(C)C. The van der Waals surface area contributed by atoms with E-state index in [-0.39, 0.29) is 24.3 Å². The van der Waals surface area contributed by atoms with Crippen LogP contribution in [0.2, 0.25) is 0 Å². The Hall–Kier alpha value is -2.62. The maximum Gasteiger partial charge on any atom is 0.244 e. The molecule has 5 atom stereocenters. The number of hydrogen-bond donors (Lipinski definition) is 2. The van der Waals surface area contributed by atoms with Gasteiger partial charge >= 0.3 is 0 Å². The smallest absolute Gasteiger partial charge is 0.244 e. The minimum atomic E-state index is -0.219. The molecule has 1 aliphatic carbocycles. The molecule has 1 aliphatic rings. The fourth-order valence-corrected chi connectivity index (χ4v) is 5.24. The zero-order chi connectivity index (χ0) is 28.2. The lowest BCUT2D eigenvalue weighted by molar-refractivity contribution is -0.124. The fourth-order valence-electron chi connectivity index (χ4n) is 5.24. The highest BCUT2D eigenvalue weighted by Gasteiger charge is 2.41. The normalized spacial score (nSPS) is 19.1. The van der Waals surface area contributed by atoms with Gasteiger partial charge in [-0.2, -0.15) is 0 Å². The molecule has 1 unspecified atom stereocenters. The lowest BCUT2D eigenvalue weighted by atomic mass is 9.83. The highest BCUT2D eigenvalue weighted by molar-refractivity contribution is 5.91. The molecule has 1 aromatic carbocycles. The predicted octanol–water partition coefficient (Wildman–Crippen LogP) is 7.38. The number of benzene rings is 1. The lowest BCUT2D eigenvalue weighted by Gasteiger charge is -2.23. The predicted molar refractivity (Wildman–Crippen MR) is 161 cm³/mol. The number of aryl methyl sites for hydroxylation is 1. The zero-order valence-corrected chi connectivity index (χ0v) is 24.8. The van der Waals surface area contributed by atoms with Gasteiger partial charge in [0.2, 0.25) is 11.8 Å². The topological polar surface area (TPSA) is 58.2 Å². The number of carbonyl (C=O) groups excluding carboxylic acids is 2. The molecule has 0 heterocycles. The molecule has 4 nitrogen and oxygen atoms in total. The van der Waals surface area contributed by atoms with Crippen molar-refractivity contribution in [2.75, 3.05) is 13.1 Å². The van der Waals surface area contributed by atoms with E-state index >= 15 is 0 Å². The standard InChI is InChI=1S/C34H52N2O2/c1-9-28-14-16-29(17-15-28)32-20-31(32)25(6)12-10-11-13-33(37)36-22-34(38)35-21-27(8)26(7)19-30(24(4)5)18-23(2)3/h11,13-17,23,25,27,30-32H,4,7,9-10,12,18-22H2,1-3,5-6,8H3,(H,35,38)(H,36,37)/b13-11+/t25-,27+,30+,31?,32+/m0/s1. The van der Waals surface area contributed by atoms with Crippen LogP contribution in [0.25, 0.3) is 0 Å². The lowest BCUT2D eigenvalue weighted by Crippen LogP contribution is -2.38. The highest BCUT2D eigenvalue weighted by atomic mass is 16.2. The second-order valence-corrected chi connectivity index (χ2v) is 12.0. The summed E-state index contributed by atoms with van der Waals surface area (Å²) < 4.78 is 0. The third-order valence-electron chi connectivity index (χ3n) is 8.13. The van der Waals surface area contributed by atoms with E-state index in [0.717, 1.165) is 43.6 Å². The number of amides is 2. The van der Waals surface area contributed by atoms with Crippen molar-refractivity contribution in [2.45, 2.75) is 86.0 Å². The Labute approximate surface area is 232 Å². The number of rotatable bonds is 17. The summed E-state index contributed by atoms with van der Waals surface area (Å²) in [4.78, 5) is 24.4. The van der Waals surface area contributed by atoms with Gasteiger partial charge in [-0.05, 0) is 98.2 Å². The highest BCUT2D eigenvalue weighted by Crippen LogP contribution is 2.52. The van der Waals surface area contributed by atoms with Crippen LogP contribution in [-0.4, -0.2) is 24.9 Å². The zero-order valence-electron chi connectivity index (χ0n) is 24.8. The Morgan fingerprint density at radius 3 is 2.37 bits per heavy atom. The van der Waals surface area contributed by atoms with Crippen LogP contribution < -0.4 is 10.6 Å². The largest absolute Gasteiger partial charge is 0.354 e. The van der Waals surface area contributed by atoms with Gasteiger partial charge in [0.15, 0.2) is 0 Å². The number of allylic oxidation sites excluding steroid dienone is 2. The molecule has 0 saturated heterocycles. The average molecular weight is 521 g/mol. The molecular weight excluding hydrogens is 468 g/mol. The summed E-state index contributed by atoms with van der Waals surface area (Å²) >= 11 is 0. The summed E-state index contributed by atoms with van der Waals surface area (Å²) in [6.45, 7) is 22.0. The Bertz CT molecular complexity index is 959. The Morgan fingerprint density at radius 2 is 1.76 bits per heavy atom.